The summed E-state index contributed by atoms with van der Waals surface area (Å²) in [6.07, 6.45) is 1.96. The Morgan fingerprint density at radius 2 is 1.82 bits per heavy atom. The van der Waals surface area contributed by atoms with E-state index in [0.717, 1.165) is 11.6 Å². The van der Waals surface area contributed by atoms with Crippen LogP contribution in [0, 0.1) is 11.3 Å². The number of halogens is 4. The predicted octanol–water partition coefficient (Wildman–Crippen LogP) is 5.48. The Labute approximate surface area is 190 Å². The first-order valence-electron chi connectivity index (χ1n) is 11.4. The Hall–Kier alpha value is -2.19. The second-order valence-electron chi connectivity index (χ2n) is 9.54. The lowest BCUT2D eigenvalue weighted by atomic mass is 9.67. The summed E-state index contributed by atoms with van der Waals surface area (Å²) in [6, 6.07) is 8.96. The molecule has 1 heterocycles. The molecule has 0 amide bonds. The van der Waals surface area contributed by atoms with E-state index >= 15 is 0 Å². The first kappa shape index (κ1) is 24.0. The molecule has 2 unspecified atom stereocenters. The summed E-state index contributed by atoms with van der Waals surface area (Å²) < 4.78 is 61.0. The highest BCUT2D eigenvalue weighted by atomic mass is 19.4. The monoisotopic (exact) mass is 467 g/mol. The normalized spacial score (nSPS) is 28.2. The molecule has 2 atom stereocenters. The van der Waals surface area contributed by atoms with E-state index in [1.54, 1.807) is 24.3 Å². The predicted molar refractivity (Wildman–Crippen MR) is 115 cm³/mol. The molecule has 0 spiro atoms. The van der Waals surface area contributed by atoms with Crippen LogP contribution in [0.15, 0.2) is 54.4 Å². The van der Waals surface area contributed by atoms with E-state index < -0.39 is 34.9 Å². The minimum Gasteiger partial charge on any atom is -0.479 e. The topological polar surface area (TPSA) is 49.8 Å². The number of nitrogens with zero attached hydrogens (tertiary/aromatic N) is 1. The molecule has 1 aromatic carbocycles. The fourth-order valence-corrected chi connectivity index (χ4v) is 5.02. The van der Waals surface area contributed by atoms with Crippen molar-refractivity contribution in [2.24, 2.45) is 11.3 Å². The molecule has 1 saturated carbocycles. The van der Waals surface area contributed by atoms with Gasteiger partial charge in [-0.3, -0.25) is 0 Å². The highest BCUT2D eigenvalue weighted by Crippen LogP contribution is 2.53. The summed E-state index contributed by atoms with van der Waals surface area (Å²) >= 11 is 0. The van der Waals surface area contributed by atoms with Gasteiger partial charge in [0.2, 0.25) is 5.60 Å². The fourth-order valence-electron chi connectivity index (χ4n) is 5.02. The van der Waals surface area contributed by atoms with E-state index in [-0.39, 0.29) is 31.9 Å². The average molecular weight is 468 g/mol. The zero-order valence-corrected chi connectivity index (χ0v) is 18.4. The lowest BCUT2D eigenvalue weighted by Gasteiger charge is -2.47. The van der Waals surface area contributed by atoms with E-state index in [1.165, 1.54) is 12.2 Å². The van der Waals surface area contributed by atoms with Crippen LogP contribution in [0.3, 0.4) is 0 Å². The maximum atomic E-state index is 14.9. The number of likely N-dealkylation sites (tertiary alicyclic amines) is 1. The number of carbonyl (C=O) groups is 1. The van der Waals surface area contributed by atoms with Gasteiger partial charge in [-0.25, -0.2) is 9.18 Å². The zero-order chi connectivity index (χ0) is 23.7. The van der Waals surface area contributed by atoms with E-state index in [0.29, 0.717) is 32.4 Å². The maximum Gasteiger partial charge on any atom is 0.395 e. The summed E-state index contributed by atoms with van der Waals surface area (Å²) in [7, 11) is 0. The summed E-state index contributed by atoms with van der Waals surface area (Å²) in [5, 5.41) is 9.77. The quantitative estimate of drug-likeness (QED) is 0.426. The molecule has 1 aliphatic heterocycles. The van der Waals surface area contributed by atoms with Crippen LogP contribution >= 0.6 is 0 Å². The number of ether oxygens (including phenoxy) is 1. The molecule has 1 N–H and O–H groups in total. The molecule has 0 aromatic heterocycles. The number of rotatable bonds is 7. The number of aliphatic carboxylic acids is 1. The minimum absolute atomic E-state index is 0.0115. The van der Waals surface area contributed by atoms with Crippen molar-refractivity contribution < 1.29 is 32.2 Å². The Kier molecular flexibility index (Phi) is 6.69. The van der Waals surface area contributed by atoms with Crippen molar-refractivity contribution in [3.63, 3.8) is 0 Å². The number of hydrogen-bond donors (Lipinski definition) is 1. The molecule has 8 heteroatoms. The van der Waals surface area contributed by atoms with Gasteiger partial charge in [-0.2, -0.15) is 13.2 Å². The van der Waals surface area contributed by atoms with Crippen molar-refractivity contribution in [1.29, 1.82) is 0 Å². The molecule has 3 aliphatic rings. The lowest BCUT2D eigenvalue weighted by molar-refractivity contribution is -0.256. The van der Waals surface area contributed by atoms with Gasteiger partial charge in [0.05, 0.1) is 17.9 Å². The number of carboxylic acid groups (broad SMARTS) is 1. The number of benzene rings is 1. The van der Waals surface area contributed by atoms with Crippen LogP contribution in [0.25, 0.3) is 0 Å². The van der Waals surface area contributed by atoms with Crippen LogP contribution in [0.1, 0.15) is 43.6 Å². The van der Waals surface area contributed by atoms with Crippen LogP contribution in [0.4, 0.5) is 17.6 Å². The van der Waals surface area contributed by atoms with Crippen molar-refractivity contribution >= 4 is 5.97 Å². The molecule has 1 aromatic rings. The largest absolute Gasteiger partial charge is 0.479 e. The number of allylic oxidation sites excluding steroid dienone is 2. The molecule has 4 rings (SSSR count). The van der Waals surface area contributed by atoms with Gasteiger partial charge in [0.25, 0.3) is 0 Å². The molecule has 0 bridgehead atoms. The van der Waals surface area contributed by atoms with Gasteiger partial charge in [0.15, 0.2) is 0 Å². The lowest BCUT2D eigenvalue weighted by Crippen LogP contribution is -2.53. The summed E-state index contributed by atoms with van der Waals surface area (Å²) in [5.41, 5.74) is -2.73. The molecule has 2 aliphatic carbocycles. The van der Waals surface area contributed by atoms with Gasteiger partial charge in [-0.05, 0) is 62.4 Å². The third kappa shape index (κ3) is 4.87. The third-order valence-corrected chi connectivity index (χ3v) is 7.38. The average Bonchev–Trinajstić information content (AvgIpc) is 2.75. The van der Waals surface area contributed by atoms with E-state index in [9.17, 15) is 27.5 Å². The van der Waals surface area contributed by atoms with Gasteiger partial charge in [-0.1, -0.05) is 42.8 Å². The number of carboxylic acids is 1. The van der Waals surface area contributed by atoms with Crippen molar-refractivity contribution in [1.82, 2.24) is 4.90 Å². The van der Waals surface area contributed by atoms with Crippen molar-refractivity contribution in [2.45, 2.75) is 49.8 Å². The van der Waals surface area contributed by atoms with Gasteiger partial charge < -0.3 is 14.7 Å². The van der Waals surface area contributed by atoms with E-state index in [1.807, 2.05) is 11.0 Å². The highest BCUT2D eigenvalue weighted by molar-refractivity contribution is 5.83. The maximum absolute atomic E-state index is 14.9. The number of piperidine rings is 1. The first-order chi connectivity index (χ1) is 15.6. The first-order valence-corrected chi connectivity index (χ1v) is 11.4. The van der Waals surface area contributed by atoms with Crippen LogP contribution in [-0.4, -0.2) is 54.0 Å². The Morgan fingerprint density at radius 3 is 2.33 bits per heavy atom. The van der Waals surface area contributed by atoms with E-state index in [4.69, 9.17) is 4.74 Å². The molecular formula is C25H29F4NO3. The summed E-state index contributed by atoms with van der Waals surface area (Å²) in [6.45, 7) is 1.17. The molecule has 180 valence electrons. The van der Waals surface area contributed by atoms with E-state index in [2.05, 4.69) is 0 Å². The molecule has 1 saturated heterocycles. The van der Waals surface area contributed by atoms with Crippen LogP contribution < -0.4 is 0 Å². The number of hydrogen-bond acceptors (Lipinski definition) is 3. The van der Waals surface area contributed by atoms with Crippen LogP contribution in [-0.2, 0) is 9.53 Å². The van der Waals surface area contributed by atoms with Gasteiger partial charge in [0, 0.05) is 6.54 Å². The second kappa shape index (κ2) is 9.22. The second-order valence-corrected chi connectivity index (χ2v) is 9.54. The Bertz CT molecular complexity index is 902. The van der Waals surface area contributed by atoms with Gasteiger partial charge >= 0.3 is 12.1 Å². The standard InChI is InChI=1S/C25H29F4NO3/c26-21-15-24(22(31)32,12-7-20(21)19-5-2-1-3-6-19)33-16-18-8-13-30(14-9-18)17-23(10-4-11-23)25(27,28)29/h1-3,5-7,12,15,18,20H,4,8-11,13-14,16-17H2,(H,31,32). The summed E-state index contributed by atoms with van der Waals surface area (Å²) in [4.78, 5) is 13.8. The fraction of sp³-hybridized carbons (Fsp3) is 0.560. The third-order valence-electron chi connectivity index (χ3n) is 7.38. The van der Waals surface area contributed by atoms with Crippen LogP contribution in [0.2, 0.25) is 0 Å². The number of alkyl halides is 3. The van der Waals surface area contributed by atoms with Crippen molar-refractivity contribution in [3.05, 3.63) is 60.0 Å². The minimum atomic E-state index is -4.18. The molecule has 0 radical (unpaired) electrons. The van der Waals surface area contributed by atoms with Gasteiger partial charge in [-0.15, -0.1) is 0 Å². The SMILES string of the molecule is O=C(O)C1(OCC2CCN(CC3(C(F)(F)F)CCC3)CC2)C=CC(c2ccccc2)C(F)=C1. The molecule has 2 fully saturated rings. The zero-order valence-electron chi connectivity index (χ0n) is 18.4. The van der Waals surface area contributed by atoms with Gasteiger partial charge in [0.1, 0.15) is 5.83 Å². The highest BCUT2D eigenvalue weighted by Gasteiger charge is 2.58. The smallest absolute Gasteiger partial charge is 0.395 e. The van der Waals surface area contributed by atoms with Crippen molar-refractivity contribution in [2.75, 3.05) is 26.2 Å². The molecular weight excluding hydrogens is 438 g/mol. The molecule has 4 nitrogen and oxygen atoms in total. The Balaban J connectivity index is 1.33. The van der Waals surface area contributed by atoms with Crippen molar-refractivity contribution in [3.8, 4) is 0 Å². The summed E-state index contributed by atoms with van der Waals surface area (Å²) in [5.74, 6) is -2.52. The molecule has 33 heavy (non-hydrogen) atoms. The Morgan fingerprint density at radius 1 is 1.15 bits per heavy atom. The van der Waals surface area contributed by atoms with Crippen LogP contribution in [0.5, 0.6) is 0 Å².